The van der Waals surface area contributed by atoms with Crippen LogP contribution in [0.25, 0.3) is 0 Å². The molecule has 86 valence electrons. The van der Waals surface area contributed by atoms with E-state index >= 15 is 0 Å². The first-order chi connectivity index (χ1) is 7.29. The van der Waals surface area contributed by atoms with E-state index in [-0.39, 0.29) is 17.8 Å². The van der Waals surface area contributed by atoms with Gasteiger partial charge >= 0.3 is 5.97 Å². The fourth-order valence-electron chi connectivity index (χ4n) is 2.18. The number of hydrogen-bond acceptors (Lipinski definition) is 4. The second kappa shape index (κ2) is 6.43. The van der Waals surface area contributed by atoms with Gasteiger partial charge in [0.25, 0.3) is 0 Å². The minimum atomic E-state index is -0.366. The molecule has 0 radical (unpaired) electrons. The van der Waals surface area contributed by atoms with Gasteiger partial charge in [-0.15, -0.1) is 5.16 Å². The summed E-state index contributed by atoms with van der Waals surface area (Å²) >= 11 is 0. The number of ether oxygens (including phenoxy) is 1. The first kappa shape index (κ1) is 12.0. The lowest BCUT2D eigenvalue weighted by Gasteiger charge is -2.25. The molecule has 1 unspecified atom stereocenters. The van der Waals surface area contributed by atoms with Gasteiger partial charge in [-0.25, -0.2) is 0 Å². The van der Waals surface area contributed by atoms with E-state index in [9.17, 15) is 4.79 Å². The van der Waals surface area contributed by atoms with Crippen LogP contribution in [0.15, 0.2) is 5.16 Å². The molecule has 1 rings (SSSR count). The Bertz CT molecular complexity index is 222. The molecule has 1 aliphatic carbocycles. The van der Waals surface area contributed by atoms with Gasteiger partial charge in [-0.05, 0) is 25.7 Å². The van der Waals surface area contributed by atoms with Crippen molar-refractivity contribution in [2.45, 2.75) is 39.0 Å². The topological polar surface area (TPSA) is 58.9 Å². The van der Waals surface area contributed by atoms with E-state index < -0.39 is 0 Å². The Balaban J connectivity index is 2.58. The minimum Gasteiger partial charge on any atom is -0.465 e. The summed E-state index contributed by atoms with van der Waals surface area (Å²) in [5, 5.41) is 11.5. The third kappa shape index (κ3) is 3.53. The molecule has 0 amide bonds. The summed E-state index contributed by atoms with van der Waals surface area (Å²) in [6.45, 7) is 2.16. The van der Waals surface area contributed by atoms with E-state index in [0.29, 0.717) is 6.61 Å². The van der Waals surface area contributed by atoms with Gasteiger partial charge in [-0.2, -0.15) is 0 Å². The Morgan fingerprint density at radius 3 is 2.73 bits per heavy atom. The second-order valence-corrected chi connectivity index (χ2v) is 3.94. The Labute approximate surface area is 90.3 Å². The van der Waals surface area contributed by atoms with Crippen LogP contribution in [0.5, 0.6) is 0 Å². The number of oxime groups is 1. The van der Waals surface area contributed by atoms with E-state index in [0.717, 1.165) is 25.7 Å². The highest BCUT2D eigenvalue weighted by molar-refractivity contribution is 5.90. The second-order valence-electron chi connectivity index (χ2n) is 3.94. The summed E-state index contributed by atoms with van der Waals surface area (Å²) in [7, 11) is 0. The van der Waals surface area contributed by atoms with E-state index in [4.69, 9.17) is 9.94 Å². The molecule has 0 bridgehead atoms. The van der Waals surface area contributed by atoms with Gasteiger partial charge in [0.05, 0.1) is 18.7 Å². The number of rotatable bonds is 4. The van der Waals surface area contributed by atoms with E-state index in [2.05, 4.69) is 5.16 Å². The normalized spacial score (nSPS) is 20.3. The van der Waals surface area contributed by atoms with Crippen LogP contribution in [0.4, 0.5) is 0 Å². The molecular formula is C11H19NO3. The first-order valence-corrected chi connectivity index (χ1v) is 5.63. The SMILES string of the molecule is CCOC(=O)C(C=NO)C1CCCCC1. The molecule has 0 aromatic heterocycles. The highest BCUT2D eigenvalue weighted by Crippen LogP contribution is 2.29. The van der Waals surface area contributed by atoms with Crippen LogP contribution in [-0.4, -0.2) is 24.0 Å². The fraction of sp³-hybridized carbons (Fsp3) is 0.818. The van der Waals surface area contributed by atoms with Gasteiger partial charge in [0.15, 0.2) is 0 Å². The molecule has 1 N–H and O–H groups in total. The largest absolute Gasteiger partial charge is 0.465 e. The van der Waals surface area contributed by atoms with Crippen molar-refractivity contribution in [3.63, 3.8) is 0 Å². The molecule has 0 aromatic carbocycles. The zero-order valence-corrected chi connectivity index (χ0v) is 9.19. The molecule has 0 spiro atoms. The maximum atomic E-state index is 11.6. The molecule has 0 heterocycles. The molecule has 1 atom stereocenters. The van der Waals surface area contributed by atoms with Crippen molar-refractivity contribution in [1.82, 2.24) is 0 Å². The summed E-state index contributed by atoms with van der Waals surface area (Å²) in [4.78, 5) is 11.6. The number of hydrogen-bond donors (Lipinski definition) is 1. The lowest BCUT2D eigenvalue weighted by Crippen LogP contribution is -2.28. The average molecular weight is 213 g/mol. The Morgan fingerprint density at radius 2 is 2.20 bits per heavy atom. The first-order valence-electron chi connectivity index (χ1n) is 5.63. The summed E-state index contributed by atoms with van der Waals surface area (Å²) in [5.74, 6) is -0.342. The predicted molar refractivity (Wildman–Crippen MR) is 57.0 cm³/mol. The molecule has 15 heavy (non-hydrogen) atoms. The number of esters is 1. The minimum absolute atomic E-state index is 0.262. The van der Waals surface area contributed by atoms with Crippen LogP contribution in [0.1, 0.15) is 39.0 Å². The molecule has 1 fully saturated rings. The number of carbonyl (C=O) groups is 1. The maximum absolute atomic E-state index is 11.6. The molecule has 1 aliphatic rings. The van der Waals surface area contributed by atoms with E-state index in [1.54, 1.807) is 6.92 Å². The van der Waals surface area contributed by atoms with Gasteiger partial charge < -0.3 is 9.94 Å². The van der Waals surface area contributed by atoms with Crippen LogP contribution in [0.2, 0.25) is 0 Å². The van der Waals surface area contributed by atoms with Gasteiger partial charge in [-0.1, -0.05) is 19.3 Å². The summed E-state index contributed by atoms with van der Waals surface area (Å²) in [5.41, 5.74) is 0. The molecule has 0 aliphatic heterocycles. The van der Waals surface area contributed by atoms with Crippen molar-refractivity contribution in [1.29, 1.82) is 0 Å². The van der Waals surface area contributed by atoms with Crippen LogP contribution >= 0.6 is 0 Å². The van der Waals surface area contributed by atoms with Gasteiger partial charge in [0.1, 0.15) is 0 Å². The quantitative estimate of drug-likeness (QED) is 0.337. The van der Waals surface area contributed by atoms with E-state index in [1.165, 1.54) is 12.6 Å². The van der Waals surface area contributed by atoms with Crippen LogP contribution in [-0.2, 0) is 9.53 Å². The van der Waals surface area contributed by atoms with Gasteiger partial charge in [0.2, 0.25) is 0 Å². The zero-order valence-electron chi connectivity index (χ0n) is 9.19. The maximum Gasteiger partial charge on any atom is 0.314 e. The third-order valence-electron chi connectivity index (χ3n) is 2.94. The van der Waals surface area contributed by atoms with Crippen molar-refractivity contribution in [3.8, 4) is 0 Å². The molecule has 4 heteroatoms. The van der Waals surface area contributed by atoms with Crippen LogP contribution in [0, 0.1) is 11.8 Å². The van der Waals surface area contributed by atoms with Crippen LogP contribution < -0.4 is 0 Å². The Hall–Kier alpha value is -1.06. The molecule has 1 saturated carbocycles. The number of carbonyl (C=O) groups excluding carboxylic acids is 1. The standard InChI is InChI=1S/C11H19NO3/c1-2-15-11(13)10(8-12-14)9-6-4-3-5-7-9/h8-10,14H,2-7H2,1H3. The fourth-order valence-corrected chi connectivity index (χ4v) is 2.18. The van der Waals surface area contributed by atoms with E-state index in [1.807, 2.05) is 0 Å². The zero-order chi connectivity index (χ0) is 11.1. The summed E-state index contributed by atoms with van der Waals surface area (Å²) in [6, 6.07) is 0. The van der Waals surface area contributed by atoms with Crippen molar-refractivity contribution >= 4 is 12.2 Å². The highest BCUT2D eigenvalue weighted by atomic mass is 16.5. The van der Waals surface area contributed by atoms with Gasteiger partial charge in [-0.3, -0.25) is 4.79 Å². The highest BCUT2D eigenvalue weighted by Gasteiger charge is 2.29. The summed E-state index contributed by atoms with van der Waals surface area (Å²) in [6.07, 6.45) is 6.90. The molecule has 0 aromatic rings. The van der Waals surface area contributed by atoms with Crippen molar-refractivity contribution in [2.75, 3.05) is 6.61 Å². The molecular weight excluding hydrogens is 194 g/mol. The lowest BCUT2D eigenvalue weighted by molar-refractivity contribution is -0.147. The Morgan fingerprint density at radius 1 is 1.53 bits per heavy atom. The summed E-state index contributed by atoms with van der Waals surface area (Å²) < 4.78 is 4.97. The average Bonchev–Trinajstić information content (AvgIpc) is 2.27. The van der Waals surface area contributed by atoms with Crippen molar-refractivity contribution < 1.29 is 14.7 Å². The van der Waals surface area contributed by atoms with Gasteiger partial charge in [0, 0.05) is 0 Å². The number of nitrogens with zero attached hydrogens (tertiary/aromatic N) is 1. The predicted octanol–water partition coefficient (Wildman–Crippen LogP) is 2.21. The molecule has 4 nitrogen and oxygen atoms in total. The van der Waals surface area contributed by atoms with Crippen molar-refractivity contribution in [2.24, 2.45) is 17.0 Å². The smallest absolute Gasteiger partial charge is 0.314 e. The third-order valence-corrected chi connectivity index (χ3v) is 2.94. The monoisotopic (exact) mass is 213 g/mol. The molecule has 0 saturated heterocycles. The Kier molecular flexibility index (Phi) is 5.15. The van der Waals surface area contributed by atoms with Crippen LogP contribution in [0.3, 0.4) is 0 Å². The lowest BCUT2D eigenvalue weighted by atomic mass is 9.80. The van der Waals surface area contributed by atoms with Crippen molar-refractivity contribution in [3.05, 3.63) is 0 Å².